The van der Waals surface area contributed by atoms with Crippen LogP contribution in [-0.4, -0.2) is 17.6 Å². The van der Waals surface area contributed by atoms with E-state index in [2.05, 4.69) is 0 Å². The fraction of sp³-hybridized carbons (Fsp3) is 0.125. The number of carbonyl (C=O) groups excluding carboxylic acids is 1. The first-order valence-electron chi connectivity index (χ1n) is 3.42. The standard InChI is InChI=1S/C8H9NO3/c9-5-8(11)12-7-3-1-2-6(10)4-7/h1-4,10H,5,9H2. The molecule has 0 saturated heterocycles. The van der Waals surface area contributed by atoms with E-state index in [1.165, 1.54) is 12.1 Å². The maximum absolute atomic E-state index is 10.7. The lowest BCUT2D eigenvalue weighted by Gasteiger charge is -2.01. The average Bonchev–Trinajstić information content (AvgIpc) is 2.04. The van der Waals surface area contributed by atoms with Gasteiger partial charge in [0, 0.05) is 6.07 Å². The normalized spacial score (nSPS) is 9.42. The van der Waals surface area contributed by atoms with Crippen molar-refractivity contribution in [3.63, 3.8) is 0 Å². The molecule has 1 aromatic carbocycles. The van der Waals surface area contributed by atoms with E-state index in [0.29, 0.717) is 5.75 Å². The average molecular weight is 167 g/mol. The van der Waals surface area contributed by atoms with Crippen LogP contribution in [0.25, 0.3) is 0 Å². The number of nitrogens with two attached hydrogens (primary N) is 1. The highest BCUT2D eigenvalue weighted by molar-refractivity contribution is 5.74. The molecule has 4 heteroatoms. The van der Waals surface area contributed by atoms with Crippen LogP contribution >= 0.6 is 0 Å². The molecule has 1 aromatic rings. The van der Waals surface area contributed by atoms with Crippen molar-refractivity contribution in [2.45, 2.75) is 0 Å². The molecular weight excluding hydrogens is 158 g/mol. The molecule has 0 heterocycles. The van der Waals surface area contributed by atoms with E-state index in [4.69, 9.17) is 15.6 Å². The number of phenols is 1. The van der Waals surface area contributed by atoms with Crippen LogP contribution in [0.1, 0.15) is 0 Å². The summed E-state index contributed by atoms with van der Waals surface area (Å²) in [5.74, 6) is -0.177. The van der Waals surface area contributed by atoms with E-state index in [1.54, 1.807) is 12.1 Å². The Morgan fingerprint density at radius 1 is 1.58 bits per heavy atom. The summed E-state index contributed by atoms with van der Waals surface area (Å²) in [6.07, 6.45) is 0. The van der Waals surface area contributed by atoms with Crippen LogP contribution < -0.4 is 10.5 Å². The van der Waals surface area contributed by atoms with E-state index in [1.807, 2.05) is 0 Å². The van der Waals surface area contributed by atoms with Crippen molar-refractivity contribution in [2.24, 2.45) is 5.73 Å². The number of benzene rings is 1. The molecule has 0 saturated carbocycles. The Morgan fingerprint density at radius 3 is 2.92 bits per heavy atom. The second kappa shape index (κ2) is 3.73. The van der Waals surface area contributed by atoms with Crippen LogP contribution in [0.4, 0.5) is 0 Å². The molecular formula is C8H9NO3. The first-order valence-corrected chi connectivity index (χ1v) is 3.42. The molecule has 3 N–H and O–H groups in total. The van der Waals surface area contributed by atoms with Gasteiger partial charge in [0.15, 0.2) is 0 Å². The third kappa shape index (κ3) is 2.25. The summed E-state index contributed by atoms with van der Waals surface area (Å²) in [6.45, 7) is -0.171. The van der Waals surface area contributed by atoms with Gasteiger partial charge in [0.1, 0.15) is 11.5 Å². The van der Waals surface area contributed by atoms with Crippen LogP contribution in [0.15, 0.2) is 24.3 Å². The van der Waals surface area contributed by atoms with Gasteiger partial charge in [-0.15, -0.1) is 0 Å². The monoisotopic (exact) mass is 167 g/mol. The van der Waals surface area contributed by atoms with Gasteiger partial charge in [0.05, 0.1) is 6.54 Å². The number of rotatable bonds is 2. The molecule has 0 radical (unpaired) electrons. The zero-order valence-electron chi connectivity index (χ0n) is 6.36. The topological polar surface area (TPSA) is 72.6 Å². The first kappa shape index (κ1) is 8.55. The van der Waals surface area contributed by atoms with Gasteiger partial charge in [-0.05, 0) is 12.1 Å². The van der Waals surface area contributed by atoms with Gasteiger partial charge in [-0.3, -0.25) is 4.79 Å². The third-order valence-corrected chi connectivity index (χ3v) is 1.22. The Balaban J connectivity index is 2.69. The van der Waals surface area contributed by atoms with Gasteiger partial charge in [-0.2, -0.15) is 0 Å². The van der Waals surface area contributed by atoms with E-state index >= 15 is 0 Å². The minimum Gasteiger partial charge on any atom is -0.508 e. The molecule has 0 atom stereocenters. The van der Waals surface area contributed by atoms with Crippen molar-refractivity contribution >= 4 is 5.97 Å². The van der Waals surface area contributed by atoms with Crippen LogP contribution in [0.2, 0.25) is 0 Å². The quantitative estimate of drug-likeness (QED) is 0.489. The van der Waals surface area contributed by atoms with Crippen molar-refractivity contribution in [1.29, 1.82) is 0 Å². The molecule has 64 valence electrons. The number of ether oxygens (including phenoxy) is 1. The Kier molecular flexibility index (Phi) is 2.66. The lowest BCUT2D eigenvalue weighted by atomic mass is 10.3. The summed E-state index contributed by atoms with van der Waals surface area (Å²) in [7, 11) is 0. The fourth-order valence-electron chi connectivity index (χ4n) is 0.720. The molecule has 0 aromatic heterocycles. The van der Waals surface area contributed by atoms with Crippen molar-refractivity contribution in [3.8, 4) is 11.5 Å². The minimum atomic E-state index is -0.527. The fourth-order valence-corrected chi connectivity index (χ4v) is 0.720. The van der Waals surface area contributed by atoms with Gasteiger partial charge in [-0.1, -0.05) is 6.07 Å². The van der Waals surface area contributed by atoms with Gasteiger partial charge in [0.25, 0.3) is 0 Å². The molecule has 0 spiro atoms. The molecule has 0 unspecified atom stereocenters. The summed E-state index contributed by atoms with van der Waals surface area (Å²) >= 11 is 0. The highest BCUT2D eigenvalue weighted by Crippen LogP contribution is 2.17. The Hall–Kier alpha value is -1.55. The van der Waals surface area contributed by atoms with Gasteiger partial charge < -0.3 is 15.6 Å². The summed E-state index contributed by atoms with van der Waals surface area (Å²) in [5.41, 5.74) is 5.02. The summed E-state index contributed by atoms with van der Waals surface area (Å²) in [5, 5.41) is 8.98. The number of phenolic OH excluding ortho intramolecular Hbond substituents is 1. The molecule has 0 bridgehead atoms. The largest absolute Gasteiger partial charge is 0.508 e. The number of aromatic hydroxyl groups is 1. The Labute approximate surface area is 69.6 Å². The SMILES string of the molecule is NCC(=O)Oc1cccc(O)c1. The third-order valence-electron chi connectivity index (χ3n) is 1.22. The number of hydrogen-bond donors (Lipinski definition) is 2. The van der Waals surface area contributed by atoms with Gasteiger partial charge in [0.2, 0.25) is 0 Å². The van der Waals surface area contributed by atoms with E-state index < -0.39 is 5.97 Å². The second-order valence-electron chi connectivity index (χ2n) is 2.18. The predicted molar refractivity (Wildman–Crippen MR) is 42.8 cm³/mol. The van der Waals surface area contributed by atoms with Crippen LogP contribution in [0, 0.1) is 0 Å². The van der Waals surface area contributed by atoms with Crippen LogP contribution in [0.5, 0.6) is 11.5 Å². The highest BCUT2D eigenvalue weighted by Gasteiger charge is 2.01. The van der Waals surface area contributed by atoms with Crippen molar-refractivity contribution in [2.75, 3.05) is 6.54 Å². The number of carbonyl (C=O) groups is 1. The van der Waals surface area contributed by atoms with Gasteiger partial charge in [-0.25, -0.2) is 0 Å². The molecule has 0 aliphatic rings. The van der Waals surface area contributed by atoms with Gasteiger partial charge >= 0.3 is 5.97 Å². The van der Waals surface area contributed by atoms with E-state index in [9.17, 15) is 4.79 Å². The van der Waals surface area contributed by atoms with Crippen molar-refractivity contribution in [1.82, 2.24) is 0 Å². The second-order valence-corrected chi connectivity index (χ2v) is 2.18. The molecule has 0 aliphatic carbocycles. The molecule has 1 rings (SSSR count). The number of esters is 1. The lowest BCUT2D eigenvalue weighted by molar-refractivity contribution is -0.132. The first-order chi connectivity index (χ1) is 5.72. The molecule has 0 aliphatic heterocycles. The van der Waals surface area contributed by atoms with E-state index in [0.717, 1.165) is 0 Å². The van der Waals surface area contributed by atoms with Crippen molar-refractivity contribution in [3.05, 3.63) is 24.3 Å². The molecule has 4 nitrogen and oxygen atoms in total. The van der Waals surface area contributed by atoms with Crippen LogP contribution in [-0.2, 0) is 4.79 Å². The minimum absolute atomic E-state index is 0.0531. The Bertz CT molecular complexity index is 285. The van der Waals surface area contributed by atoms with Crippen LogP contribution in [0.3, 0.4) is 0 Å². The maximum atomic E-state index is 10.7. The predicted octanol–water partition coefficient (Wildman–Crippen LogP) is 0.256. The summed E-state index contributed by atoms with van der Waals surface area (Å²) in [4.78, 5) is 10.7. The summed E-state index contributed by atoms with van der Waals surface area (Å²) < 4.78 is 4.72. The number of hydrogen-bond acceptors (Lipinski definition) is 4. The maximum Gasteiger partial charge on any atom is 0.325 e. The van der Waals surface area contributed by atoms with E-state index in [-0.39, 0.29) is 12.3 Å². The zero-order chi connectivity index (χ0) is 8.97. The van der Waals surface area contributed by atoms with Crippen molar-refractivity contribution < 1.29 is 14.6 Å². The molecule has 0 fully saturated rings. The smallest absolute Gasteiger partial charge is 0.325 e. The lowest BCUT2D eigenvalue weighted by Crippen LogP contribution is -2.19. The molecule has 0 amide bonds. The molecule has 12 heavy (non-hydrogen) atoms. The highest BCUT2D eigenvalue weighted by atomic mass is 16.5. The summed E-state index contributed by atoms with van der Waals surface area (Å²) in [6, 6.07) is 5.97. The zero-order valence-corrected chi connectivity index (χ0v) is 6.36. The Morgan fingerprint density at radius 2 is 2.33 bits per heavy atom.